The van der Waals surface area contributed by atoms with Crippen LogP contribution in [0.5, 0.6) is 17.4 Å². The minimum absolute atomic E-state index is 0.0158. The average Bonchev–Trinajstić information content (AvgIpc) is 3.22. The molecule has 0 aliphatic carbocycles. The van der Waals surface area contributed by atoms with Crippen LogP contribution in [-0.4, -0.2) is 72.2 Å². The van der Waals surface area contributed by atoms with Gasteiger partial charge in [0.25, 0.3) is 5.91 Å². The summed E-state index contributed by atoms with van der Waals surface area (Å²) in [6.07, 6.45) is 1.13. The Balaban J connectivity index is 1.47. The Hall–Kier alpha value is -2.87. The lowest BCUT2D eigenvalue weighted by molar-refractivity contribution is -0.134. The summed E-state index contributed by atoms with van der Waals surface area (Å²) in [6, 6.07) is 7.80. The topological polar surface area (TPSA) is 77.0 Å². The van der Waals surface area contributed by atoms with E-state index in [-0.39, 0.29) is 17.9 Å². The lowest BCUT2D eigenvalue weighted by Gasteiger charge is -2.22. The van der Waals surface area contributed by atoms with Gasteiger partial charge in [-0.3, -0.25) is 9.69 Å². The smallest absolute Gasteiger partial charge is 0.264 e. The molecular formula is C21H26N4O4. The van der Waals surface area contributed by atoms with E-state index in [9.17, 15) is 4.79 Å². The monoisotopic (exact) mass is 398 g/mol. The van der Waals surface area contributed by atoms with Gasteiger partial charge in [-0.25, -0.2) is 4.98 Å². The number of methoxy groups -OCH3 is 2. The molecule has 0 spiro atoms. The Morgan fingerprint density at radius 2 is 1.93 bits per heavy atom. The third kappa shape index (κ3) is 3.72. The summed E-state index contributed by atoms with van der Waals surface area (Å²) in [4.78, 5) is 25.3. The number of aromatic nitrogens is 2. The third-order valence-corrected chi connectivity index (χ3v) is 5.74. The molecule has 8 heteroatoms. The number of fused-ring (bicyclic) bond motifs is 1. The van der Waals surface area contributed by atoms with Crippen molar-refractivity contribution in [3.63, 3.8) is 0 Å². The zero-order valence-corrected chi connectivity index (χ0v) is 17.2. The van der Waals surface area contributed by atoms with Gasteiger partial charge in [-0.1, -0.05) is 6.07 Å². The van der Waals surface area contributed by atoms with Crippen molar-refractivity contribution in [2.75, 3.05) is 34.4 Å². The molecule has 3 atom stereocenters. The molecule has 2 fully saturated rings. The van der Waals surface area contributed by atoms with Crippen molar-refractivity contribution in [1.29, 1.82) is 0 Å². The number of ether oxygens (including phenoxy) is 3. The standard InChI is InChI=1S/C21H26N4O4/c1-13-22-8-7-19(23-13)29-20-15-11-25(12-16(15)24(2)21(20)26)10-14-5-6-17(27-3)18(9-14)28-4/h5-9,15-16,20H,10-12H2,1-4H3/t15-,16+,20-/m0/s1. The molecule has 2 aliphatic rings. The summed E-state index contributed by atoms with van der Waals surface area (Å²) >= 11 is 0. The molecule has 8 nitrogen and oxygen atoms in total. The van der Waals surface area contributed by atoms with Crippen LogP contribution in [0.25, 0.3) is 0 Å². The van der Waals surface area contributed by atoms with Gasteiger partial charge in [-0.15, -0.1) is 0 Å². The Morgan fingerprint density at radius 3 is 2.66 bits per heavy atom. The number of likely N-dealkylation sites (N-methyl/N-ethyl adjacent to an activating group) is 1. The van der Waals surface area contributed by atoms with Crippen LogP contribution in [0.1, 0.15) is 11.4 Å². The zero-order valence-electron chi connectivity index (χ0n) is 17.2. The maximum Gasteiger partial charge on any atom is 0.264 e. The minimum atomic E-state index is -0.519. The van der Waals surface area contributed by atoms with E-state index in [1.54, 1.807) is 33.4 Å². The molecule has 0 radical (unpaired) electrons. The maximum absolute atomic E-state index is 12.7. The van der Waals surface area contributed by atoms with Gasteiger partial charge in [-0.05, 0) is 24.6 Å². The number of amides is 1. The molecule has 2 saturated heterocycles. The highest BCUT2D eigenvalue weighted by Crippen LogP contribution is 2.35. The van der Waals surface area contributed by atoms with Crippen LogP contribution in [0, 0.1) is 12.8 Å². The second kappa shape index (κ2) is 7.87. The minimum Gasteiger partial charge on any atom is -0.493 e. The summed E-state index contributed by atoms with van der Waals surface area (Å²) in [5.41, 5.74) is 1.14. The summed E-state index contributed by atoms with van der Waals surface area (Å²) in [5, 5.41) is 0. The summed E-state index contributed by atoms with van der Waals surface area (Å²) in [6.45, 7) is 4.17. The van der Waals surface area contributed by atoms with Crippen LogP contribution in [0.2, 0.25) is 0 Å². The van der Waals surface area contributed by atoms with E-state index in [4.69, 9.17) is 14.2 Å². The fourth-order valence-electron chi connectivity index (χ4n) is 4.28. The number of carbonyl (C=O) groups excluding carboxylic acids is 1. The summed E-state index contributed by atoms with van der Waals surface area (Å²) in [7, 11) is 5.12. The number of carbonyl (C=O) groups is 1. The van der Waals surface area contributed by atoms with Crippen LogP contribution in [-0.2, 0) is 11.3 Å². The van der Waals surface area contributed by atoms with Crippen LogP contribution >= 0.6 is 0 Å². The van der Waals surface area contributed by atoms with Crippen molar-refractivity contribution in [3.8, 4) is 17.4 Å². The molecule has 1 amide bonds. The molecule has 29 heavy (non-hydrogen) atoms. The lowest BCUT2D eigenvalue weighted by Crippen LogP contribution is -2.38. The molecule has 0 unspecified atom stereocenters. The first kappa shape index (κ1) is 19.4. The van der Waals surface area contributed by atoms with Crippen LogP contribution < -0.4 is 14.2 Å². The van der Waals surface area contributed by atoms with Gasteiger partial charge in [-0.2, -0.15) is 4.98 Å². The van der Waals surface area contributed by atoms with E-state index in [1.807, 2.05) is 30.1 Å². The molecule has 0 saturated carbocycles. The number of benzene rings is 1. The van der Waals surface area contributed by atoms with E-state index in [2.05, 4.69) is 14.9 Å². The normalized spacial score (nSPS) is 23.9. The fraction of sp³-hybridized carbons (Fsp3) is 0.476. The van der Waals surface area contributed by atoms with Crippen molar-refractivity contribution < 1.29 is 19.0 Å². The van der Waals surface area contributed by atoms with E-state index in [1.165, 1.54) is 0 Å². The summed E-state index contributed by atoms with van der Waals surface area (Å²) < 4.78 is 16.7. The van der Waals surface area contributed by atoms with Gasteiger partial charge in [0.15, 0.2) is 17.6 Å². The molecule has 2 aromatic rings. The van der Waals surface area contributed by atoms with E-state index in [0.29, 0.717) is 17.5 Å². The number of rotatable bonds is 6. The fourth-order valence-corrected chi connectivity index (χ4v) is 4.28. The van der Waals surface area contributed by atoms with Gasteiger partial charge in [0, 0.05) is 44.9 Å². The Bertz CT molecular complexity index is 906. The second-order valence-electron chi connectivity index (χ2n) is 7.54. The SMILES string of the molecule is COc1ccc(CN2C[C@@H]3[C@H](Oc4ccnc(C)n4)C(=O)N(C)[C@@H]3C2)cc1OC. The van der Waals surface area contributed by atoms with Crippen molar-refractivity contribution in [2.45, 2.75) is 25.6 Å². The number of hydrogen-bond donors (Lipinski definition) is 0. The molecule has 4 rings (SSSR count). The van der Waals surface area contributed by atoms with E-state index >= 15 is 0 Å². The molecule has 154 valence electrons. The van der Waals surface area contributed by atoms with Crippen LogP contribution in [0.3, 0.4) is 0 Å². The van der Waals surface area contributed by atoms with Crippen molar-refractivity contribution in [3.05, 3.63) is 41.9 Å². The second-order valence-corrected chi connectivity index (χ2v) is 7.54. The maximum atomic E-state index is 12.7. The molecule has 0 N–H and O–H groups in total. The molecule has 0 bridgehead atoms. The van der Waals surface area contributed by atoms with Gasteiger partial charge in [0.2, 0.25) is 5.88 Å². The first-order valence-corrected chi connectivity index (χ1v) is 9.66. The molecule has 1 aromatic carbocycles. The lowest BCUT2D eigenvalue weighted by atomic mass is 10.0. The summed E-state index contributed by atoms with van der Waals surface area (Å²) in [5.74, 6) is 2.62. The number of likely N-dealkylation sites (tertiary alicyclic amines) is 2. The van der Waals surface area contributed by atoms with E-state index < -0.39 is 6.10 Å². The van der Waals surface area contributed by atoms with Crippen molar-refractivity contribution >= 4 is 5.91 Å². The predicted molar refractivity (Wildman–Crippen MR) is 106 cm³/mol. The Morgan fingerprint density at radius 1 is 1.14 bits per heavy atom. The molecule has 1 aromatic heterocycles. The molecule has 2 aliphatic heterocycles. The Kier molecular flexibility index (Phi) is 5.27. The Labute approximate surface area is 170 Å². The van der Waals surface area contributed by atoms with Crippen LogP contribution in [0.15, 0.2) is 30.5 Å². The van der Waals surface area contributed by atoms with Gasteiger partial charge in [0.05, 0.1) is 20.3 Å². The quantitative estimate of drug-likeness (QED) is 0.730. The largest absolute Gasteiger partial charge is 0.493 e. The zero-order chi connectivity index (χ0) is 20.5. The van der Waals surface area contributed by atoms with Gasteiger partial charge < -0.3 is 19.1 Å². The van der Waals surface area contributed by atoms with Crippen molar-refractivity contribution in [2.24, 2.45) is 5.92 Å². The first-order chi connectivity index (χ1) is 14.0. The highest BCUT2D eigenvalue weighted by molar-refractivity contribution is 5.84. The predicted octanol–water partition coefficient (Wildman–Crippen LogP) is 1.52. The first-order valence-electron chi connectivity index (χ1n) is 9.66. The van der Waals surface area contributed by atoms with Crippen molar-refractivity contribution in [1.82, 2.24) is 19.8 Å². The van der Waals surface area contributed by atoms with Gasteiger partial charge in [0.1, 0.15) is 5.82 Å². The number of nitrogens with zero attached hydrogens (tertiary/aromatic N) is 4. The third-order valence-electron chi connectivity index (χ3n) is 5.74. The molecular weight excluding hydrogens is 372 g/mol. The van der Waals surface area contributed by atoms with E-state index in [0.717, 1.165) is 30.9 Å². The number of aryl methyl sites for hydroxylation is 1. The van der Waals surface area contributed by atoms with Crippen LogP contribution in [0.4, 0.5) is 0 Å². The highest BCUT2D eigenvalue weighted by Gasteiger charge is 2.52. The highest BCUT2D eigenvalue weighted by atomic mass is 16.5. The number of hydrogen-bond acceptors (Lipinski definition) is 7. The average molecular weight is 398 g/mol. The van der Waals surface area contributed by atoms with Gasteiger partial charge >= 0.3 is 0 Å². The molecule has 3 heterocycles.